The molecule has 1 aliphatic rings. The second kappa shape index (κ2) is 3.44. The van der Waals surface area contributed by atoms with Crippen molar-refractivity contribution in [2.24, 2.45) is 17.8 Å². The topological polar surface area (TPSA) is 40.5 Å². The van der Waals surface area contributed by atoms with Gasteiger partial charge in [-0.15, -0.1) is 0 Å². The minimum absolute atomic E-state index is 0.157. The molecule has 0 spiro atoms. The first-order valence-electron chi connectivity index (χ1n) is 4.43. The normalized spacial score (nSPS) is 31.3. The molecule has 0 radical (unpaired) electrons. The number of likely N-dealkylation sites (tertiary alicyclic amines) is 1. The van der Waals surface area contributed by atoms with Crippen LogP contribution in [0.1, 0.15) is 13.8 Å². The van der Waals surface area contributed by atoms with Crippen LogP contribution < -0.4 is 0 Å². The first kappa shape index (κ1) is 9.52. The predicted molar refractivity (Wildman–Crippen MR) is 47.0 cm³/mol. The van der Waals surface area contributed by atoms with Gasteiger partial charge in [-0.25, -0.2) is 0 Å². The van der Waals surface area contributed by atoms with Gasteiger partial charge in [0, 0.05) is 13.1 Å². The zero-order valence-corrected chi connectivity index (χ0v) is 7.95. The molecule has 1 heterocycles. The Balaban J connectivity index is 2.65. The van der Waals surface area contributed by atoms with Crippen molar-refractivity contribution in [1.29, 1.82) is 0 Å². The van der Waals surface area contributed by atoms with Crippen molar-refractivity contribution in [1.82, 2.24) is 4.90 Å². The third-order valence-corrected chi connectivity index (χ3v) is 2.72. The van der Waals surface area contributed by atoms with Gasteiger partial charge in [0.05, 0.1) is 5.92 Å². The molecule has 1 unspecified atom stereocenters. The lowest BCUT2D eigenvalue weighted by atomic mass is 9.86. The zero-order chi connectivity index (χ0) is 9.30. The van der Waals surface area contributed by atoms with Crippen molar-refractivity contribution in [3.8, 4) is 0 Å². The van der Waals surface area contributed by atoms with E-state index < -0.39 is 5.97 Å². The monoisotopic (exact) mass is 171 g/mol. The summed E-state index contributed by atoms with van der Waals surface area (Å²) < 4.78 is 0. The van der Waals surface area contributed by atoms with E-state index in [1.54, 1.807) is 0 Å². The fourth-order valence-electron chi connectivity index (χ4n) is 1.97. The number of hydrogen-bond donors (Lipinski definition) is 1. The maximum Gasteiger partial charge on any atom is 0.308 e. The Labute approximate surface area is 73.4 Å². The smallest absolute Gasteiger partial charge is 0.308 e. The highest BCUT2D eigenvalue weighted by atomic mass is 16.4. The van der Waals surface area contributed by atoms with Crippen LogP contribution in [0.15, 0.2) is 0 Å². The van der Waals surface area contributed by atoms with Crippen molar-refractivity contribution in [2.75, 3.05) is 20.1 Å². The summed E-state index contributed by atoms with van der Waals surface area (Å²) in [6.07, 6.45) is 0. The van der Waals surface area contributed by atoms with E-state index in [4.69, 9.17) is 5.11 Å². The molecule has 2 atom stereocenters. The van der Waals surface area contributed by atoms with Gasteiger partial charge in [-0.2, -0.15) is 0 Å². The van der Waals surface area contributed by atoms with Gasteiger partial charge in [0.15, 0.2) is 0 Å². The second-order valence-corrected chi connectivity index (χ2v) is 4.07. The Bertz CT molecular complexity index is 179. The van der Waals surface area contributed by atoms with Gasteiger partial charge in [-0.1, -0.05) is 13.8 Å². The van der Waals surface area contributed by atoms with Crippen molar-refractivity contribution in [2.45, 2.75) is 13.8 Å². The van der Waals surface area contributed by atoms with Crippen molar-refractivity contribution in [3.63, 3.8) is 0 Å². The van der Waals surface area contributed by atoms with E-state index in [2.05, 4.69) is 18.7 Å². The van der Waals surface area contributed by atoms with Crippen LogP contribution in [0.2, 0.25) is 0 Å². The molecule has 0 aromatic heterocycles. The predicted octanol–water partition coefficient (Wildman–Crippen LogP) is 0.905. The average Bonchev–Trinajstić information content (AvgIpc) is 2.31. The standard InChI is InChI=1S/C9H17NO2/c1-6(2)7-4-10(3)5-8(7)9(11)12/h6-8H,4-5H2,1-3H3,(H,11,12)/t7?,8-/m0/s1. The second-order valence-electron chi connectivity index (χ2n) is 4.07. The third-order valence-electron chi connectivity index (χ3n) is 2.72. The quantitative estimate of drug-likeness (QED) is 0.671. The summed E-state index contributed by atoms with van der Waals surface area (Å²) >= 11 is 0. The number of carboxylic acids is 1. The summed E-state index contributed by atoms with van der Waals surface area (Å²) in [4.78, 5) is 12.9. The van der Waals surface area contributed by atoms with Crippen LogP contribution in [0.3, 0.4) is 0 Å². The van der Waals surface area contributed by atoms with Gasteiger partial charge >= 0.3 is 5.97 Å². The third kappa shape index (κ3) is 1.78. The van der Waals surface area contributed by atoms with Crippen LogP contribution in [0.5, 0.6) is 0 Å². The average molecular weight is 171 g/mol. The van der Waals surface area contributed by atoms with Crippen molar-refractivity contribution >= 4 is 5.97 Å². The molecule has 70 valence electrons. The lowest BCUT2D eigenvalue weighted by molar-refractivity contribution is -0.143. The Kier molecular flexibility index (Phi) is 2.73. The van der Waals surface area contributed by atoms with Crippen LogP contribution in [0, 0.1) is 17.8 Å². The highest BCUT2D eigenvalue weighted by molar-refractivity contribution is 5.71. The number of hydrogen-bond acceptors (Lipinski definition) is 2. The molecule has 1 fully saturated rings. The van der Waals surface area contributed by atoms with Crippen LogP contribution in [-0.4, -0.2) is 36.1 Å². The molecule has 3 heteroatoms. The van der Waals surface area contributed by atoms with E-state index in [-0.39, 0.29) is 5.92 Å². The molecule has 3 nitrogen and oxygen atoms in total. The number of carboxylic acid groups (broad SMARTS) is 1. The summed E-state index contributed by atoms with van der Waals surface area (Å²) in [5.74, 6) is -0.00315. The molecule has 0 amide bonds. The molecule has 1 rings (SSSR count). The van der Waals surface area contributed by atoms with Crippen LogP contribution in [0.4, 0.5) is 0 Å². The van der Waals surface area contributed by atoms with Crippen LogP contribution in [0.25, 0.3) is 0 Å². The molecule has 1 N–H and O–H groups in total. The zero-order valence-electron chi connectivity index (χ0n) is 7.95. The van der Waals surface area contributed by atoms with Gasteiger partial charge in [-0.3, -0.25) is 4.79 Å². The lowest BCUT2D eigenvalue weighted by Gasteiger charge is -2.17. The number of nitrogens with zero attached hydrogens (tertiary/aromatic N) is 1. The minimum atomic E-state index is -0.641. The molecule has 0 aromatic rings. The number of rotatable bonds is 2. The highest BCUT2D eigenvalue weighted by Crippen LogP contribution is 2.28. The number of carbonyl (C=O) groups is 1. The Morgan fingerprint density at radius 2 is 2.08 bits per heavy atom. The lowest BCUT2D eigenvalue weighted by Crippen LogP contribution is -2.25. The van der Waals surface area contributed by atoms with Crippen LogP contribution >= 0.6 is 0 Å². The molecular formula is C9H17NO2. The molecule has 0 aliphatic carbocycles. The summed E-state index contributed by atoms with van der Waals surface area (Å²) in [5.41, 5.74) is 0. The highest BCUT2D eigenvalue weighted by Gasteiger charge is 2.37. The van der Waals surface area contributed by atoms with E-state index in [1.807, 2.05) is 7.05 Å². The molecule has 0 saturated carbocycles. The SMILES string of the molecule is CC(C)C1CN(C)C[C@@H]1C(=O)O. The molecule has 0 bridgehead atoms. The molecule has 0 aromatic carbocycles. The summed E-state index contributed by atoms with van der Waals surface area (Å²) in [7, 11) is 1.98. The summed E-state index contributed by atoms with van der Waals surface area (Å²) in [5, 5.41) is 8.92. The first-order chi connectivity index (χ1) is 5.52. The summed E-state index contributed by atoms with van der Waals surface area (Å²) in [6.45, 7) is 5.83. The molecule has 12 heavy (non-hydrogen) atoms. The Morgan fingerprint density at radius 1 is 1.50 bits per heavy atom. The van der Waals surface area contributed by atoms with Crippen molar-refractivity contribution in [3.05, 3.63) is 0 Å². The largest absolute Gasteiger partial charge is 0.481 e. The van der Waals surface area contributed by atoms with Crippen LogP contribution in [-0.2, 0) is 4.79 Å². The Morgan fingerprint density at radius 3 is 2.42 bits per heavy atom. The summed E-state index contributed by atoms with van der Waals surface area (Å²) in [6, 6.07) is 0. The van der Waals surface area contributed by atoms with E-state index >= 15 is 0 Å². The maximum atomic E-state index is 10.8. The van der Waals surface area contributed by atoms with Gasteiger partial charge < -0.3 is 10.0 Å². The van der Waals surface area contributed by atoms with E-state index in [1.165, 1.54) is 0 Å². The van der Waals surface area contributed by atoms with Gasteiger partial charge in [0.1, 0.15) is 0 Å². The fraction of sp³-hybridized carbons (Fsp3) is 0.889. The number of aliphatic carboxylic acids is 1. The first-order valence-corrected chi connectivity index (χ1v) is 4.43. The molecule has 1 saturated heterocycles. The van der Waals surface area contributed by atoms with Gasteiger partial charge in [0.2, 0.25) is 0 Å². The van der Waals surface area contributed by atoms with E-state index in [0.717, 1.165) is 6.54 Å². The maximum absolute atomic E-state index is 10.8. The van der Waals surface area contributed by atoms with Gasteiger partial charge in [0.25, 0.3) is 0 Å². The molecule has 1 aliphatic heterocycles. The minimum Gasteiger partial charge on any atom is -0.481 e. The van der Waals surface area contributed by atoms with E-state index in [0.29, 0.717) is 18.4 Å². The van der Waals surface area contributed by atoms with E-state index in [9.17, 15) is 4.79 Å². The fourth-order valence-corrected chi connectivity index (χ4v) is 1.97. The molecular weight excluding hydrogens is 154 g/mol. The van der Waals surface area contributed by atoms with Crippen molar-refractivity contribution < 1.29 is 9.90 Å². The Hall–Kier alpha value is -0.570. The van der Waals surface area contributed by atoms with Gasteiger partial charge in [-0.05, 0) is 18.9 Å².